The molecular formula is C9H8F9I. The molecule has 0 aromatic rings. The van der Waals surface area contributed by atoms with Crippen molar-refractivity contribution in [3.63, 3.8) is 0 Å². The Morgan fingerprint density at radius 3 is 1.58 bits per heavy atom. The highest BCUT2D eigenvalue weighted by Gasteiger charge is 2.80. The molecule has 114 valence electrons. The molecule has 0 rings (SSSR count). The molecule has 0 aromatic heterocycles. The van der Waals surface area contributed by atoms with Crippen molar-refractivity contribution in [1.82, 2.24) is 0 Å². The smallest absolute Gasteiger partial charge is 0.222 e. The van der Waals surface area contributed by atoms with Crippen LogP contribution in [0, 0.1) is 0 Å². The summed E-state index contributed by atoms with van der Waals surface area (Å²) in [5, 5.41) is 0. The zero-order valence-corrected chi connectivity index (χ0v) is 11.4. The Labute approximate surface area is 116 Å². The van der Waals surface area contributed by atoms with E-state index in [0.29, 0.717) is 0 Å². The van der Waals surface area contributed by atoms with Gasteiger partial charge in [0.05, 0.1) is 0 Å². The highest BCUT2D eigenvalue weighted by molar-refractivity contribution is 14.1. The van der Waals surface area contributed by atoms with Crippen LogP contribution in [0.4, 0.5) is 39.5 Å². The average Bonchev–Trinajstić information content (AvgIpc) is 2.13. The average molecular weight is 414 g/mol. The predicted octanol–water partition coefficient (Wildman–Crippen LogP) is 5.57. The van der Waals surface area contributed by atoms with E-state index < -0.39 is 33.6 Å². The van der Waals surface area contributed by atoms with Crippen LogP contribution in [-0.2, 0) is 0 Å². The molecule has 0 amide bonds. The third-order valence-electron chi connectivity index (χ3n) is 2.07. The molecule has 1 atom stereocenters. The van der Waals surface area contributed by atoms with Gasteiger partial charge in [0.1, 0.15) is 0 Å². The number of allylic oxidation sites excluding steroid dienone is 2. The number of rotatable bonds is 4. The summed E-state index contributed by atoms with van der Waals surface area (Å²) in [4.78, 5) is 0. The van der Waals surface area contributed by atoms with Crippen molar-refractivity contribution in [2.45, 2.75) is 43.7 Å². The van der Waals surface area contributed by atoms with Crippen molar-refractivity contribution in [3.05, 3.63) is 9.66 Å². The van der Waals surface area contributed by atoms with E-state index in [2.05, 4.69) is 0 Å². The van der Waals surface area contributed by atoms with E-state index >= 15 is 0 Å². The number of hydrogen-bond acceptors (Lipinski definition) is 0. The lowest BCUT2D eigenvalue weighted by atomic mass is 9.95. The Hall–Kier alpha value is -0.160. The molecule has 0 aliphatic carbocycles. The second-order valence-corrected chi connectivity index (χ2v) is 5.01. The van der Waals surface area contributed by atoms with Gasteiger partial charge in [-0.1, -0.05) is 13.3 Å². The highest BCUT2D eigenvalue weighted by atomic mass is 127. The van der Waals surface area contributed by atoms with Crippen LogP contribution in [0.5, 0.6) is 0 Å². The van der Waals surface area contributed by atoms with E-state index in [0.717, 1.165) is 22.6 Å². The molecule has 0 fully saturated rings. The van der Waals surface area contributed by atoms with Gasteiger partial charge < -0.3 is 0 Å². The maximum atomic E-state index is 13.5. The van der Waals surface area contributed by atoms with Gasteiger partial charge in [-0.2, -0.15) is 35.1 Å². The second kappa shape index (κ2) is 5.68. The predicted molar refractivity (Wildman–Crippen MR) is 57.9 cm³/mol. The van der Waals surface area contributed by atoms with E-state index in [1.807, 2.05) is 0 Å². The fourth-order valence-electron chi connectivity index (χ4n) is 1.08. The van der Waals surface area contributed by atoms with E-state index in [1.54, 1.807) is 0 Å². The molecule has 0 aromatic carbocycles. The molecule has 0 N–H and O–H groups in total. The monoisotopic (exact) mass is 414 g/mol. The Bertz CT molecular complexity index is 341. The van der Waals surface area contributed by atoms with Crippen LogP contribution in [-0.4, -0.2) is 23.9 Å². The third kappa shape index (κ3) is 3.69. The molecular weight excluding hydrogens is 406 g/mol. The second-order valence-electron chi connectivity index (χ2n) is 3.62. The van der Waals surface area contributed by atoms with Gasteiger partial charge in [0.15, 0.2) is 0 Å². The minimum atomic E-state index is -6.66. The van der Waals surface area contributed by atoms with Crippen LogP contribution < -0.4 is 0 Å². The summed E-state index contributed by atoms with van der Waals surface area (Å²) in [6.45, 7) is 1.45. The minimum absolute atomic E-state index is 0.167. The van der Waals surface area contributed by atoms with Crippen molar-refractivity contribution in [2.24, 2.45) is 0 Å². The summed E-state index contributed by atoms with van der Waals surface area (Å²) in [5.41, 5.74) is -5.79. The minimum Gasteiger partial charge on any atom is -0.222 e. The molecule has 19 heavy (non-hydrogen) atoms. The molecule has 0 aliphatic rings. The topological polar surface area (TPSA) is 0 Å². The molecule has 0 bridgehead atoms. The summed E-state index contributed by atoms with van der Waals surface area (Å²) in [5.74, 6) is -6.57. The van der Waals surface area contributed by atoms with Crippen molar-refractivity contribution in [3.8, 4) is 0 Å². The van der Waals surface area contributed by atoms with E-state index in [1.165, 1.54) is 6.92 Å². The van der Waals surface area contributed by atoms with Crippen molar-refractivity contribution >= 4 is 22.6 Å². The largest absolute Gasteiger partial charge is 0.457 e. The lowest BCUT2D eigenvalue weighted by Gasteiger charge is -2.34. The standard InChI is InChI=1S/C9H8F9I/c1-2-3-5(19)4-6(10,8(13,14)15)7(11,12)9(16,17)18/h4H,2-3H2,1H3. The number of halogens is 10. The maximum Gasteiger partial charge on any atom is 0.457 e. The summed E-state index contributed by atoms with van der Waals surface area (Å²) in [7, 11) is 0. The summed E-state index contributed by atoms with van der Waals surface area (Å²) in [6, 6.07) is 0. The molecule has 0 saturated carbocycles. The summed E-state index contributed by atoms with van der Waals surface area (Å²) < 4.78 is 111. The Morgan fingerprint density at radius 2 is 1.32 bits per heavy atom. The lowest BCUT2D eigenvalue weighted by Crippen LogP contribution is -2.61. The normalized spacial score (nSPS) is 18.4. The molecule has 0 heterocycles. The molecule has 0 radical (unpaired) electrons. The Balaban J connectivity index is 5.91. The summed E-state index contributed by atoms with van der Waals surface area (Å²) >= 11 is 1.10. The fraction of sp³-hybridized carbons (Fsp3) is 0.778. The molecule has 1 unspecified atom stereocenters. The molecule has 0 spiro atoms. The first-order valence-electron chi connectivity index (χ1n) is 4.78. The van der Waals surface area contributed by atoms with Gasteiger partial charge in [-0.25, -0.2) is 4.39 Å². The lowest BCUT2D eigenvalue weighted by molar-refractivity contribution is -0.369. The van der Waals surface area contributed by atoms with Crippen molar-refractivity contribution in [2.75, 3.05) is 0 Å². The Kier molecular flexibility index (Phi) is 5.63. The van der Waals surface area contributed by atoms with Crippen LogP contribution in [0.1, 0.15) is 19.8 Å². The maximum absolute atomic E-state index is 13.5. The Morgan fingerprint density at radius 1 is 0.895 bits per heavy atom. The summed E-state index contributed by atoms with van der Waals surface area (Å²) in [6.07, 6.45) is -13.8. The molecule has 0 aliphatic heterocycles. The highest BCUT2D eigenvalue weighted by Crippen LogP contribution is 2.54. The van der Waals surface area contributed by atoms with Gasteiger partial charge >= 0.3 is 18.3 Å². The number of hydrogen-bond donors (Lipinski definition) is 0. The van der Waals surface area contributed by atoms with Crippen LogP contribution in [0.15, 0.2) is 9.66 Å². The number of alkyl halides is 9. The van der Waals surface area contributed by atoms with Crippen LogP contribution >= 0.6 is 22.6 Å². The van der Waals surface area contributed by atoms with Crippen molar-refractivity contribution in [1.29, 1.82) is 0 Å². The molecule has 0 saturated heterocycles. The van der Waals surface area contributed by atoms with Crippen LogP contribution in [0.2, 0.25) is 0 Å². The van der Waals surface area contributed by atoms with Gasteiger partial charge in [-0.05, 0) is 38.7 Å². The first-order valence-corrected chi connectivity index (χ1v) is 5.86. The van der Waals surface area contributed by atoms with E-state index in [9.17, 15) is 39.5 Å². The quantitative estimate of drug-likeness (QED) is 0.417. The van der Waals surface area contributed by atoms with E-state index in [-0.39, 0.29) is 12.8 Å². The molecule has 0 nitrogen and oxygen atoms in total. The first kappa shape index (κ1) is 18.8. The van der Waals surface area contributed by atoms with Crippen LogP contribution in [0.25, 0.3) is 0 Å². The van der Waals surface area contributed by atoms with Crippen molar-refractivity contribution < 1.29 is 39.5 Å². The zero-order chi connectivity index (χ0) is 15.7. The zero-order valence-electron chi connectivity index (χ0n) is 9.27. The SMILES string of the molecule is CCCC(I)=CC(F)(C(F)(F)F)C(F)(F)C(F)(F)F. The molecule has 10 heteroatoms. The third-order valence-corrected chi connectivity index (χ3v) is 2.92. The fourth-order valence-corrected chi connectivity index (χ4v) is 2.05. The van der Waals surface area contributed by atoms with Crippen LogP contribution in [0.3, 0.4) is 0 Å². The first-order chi connectivity index (χ1) is 8.20. The van der Waals surface area contributed by atoms with Gasteiger partial charge in [0, 0.05) is 0 Å². The van der Waals surface area contributed by atoms with Gasteiger partial charge in [-0.3, -0.25) is 0 Å². The van der Waals surface area contributed by atoms with Gasteiger partial charge in [-0.15, -0.1) is 0 Å². The van der Waals surface area contributed by atoms with Gasteiger partial charge in [0.25, 0.3) is 5.67 Å². The van der Waals surface area contributed by atoms with E-state index in [4.69, 9.17) is 0 Å². The van der Waals surface area contributed by atoms with Gasteiger partial charge in [0.2, 0.25) is 0 Å².